The van der Waals surface area contributed by atoms with Gasteiger partial charge >= 0.3 is 0 Å². The van der Waals surface area contributed by atoms with Crippen LogP contribution < -0.4 is 4.90 Å². The number of hydrogen-bond donors (Lipinski definition) is 0. The number of nitrogens with zero attached hydrogens (tertiary/aromatic N) is 3. The molecule has 0 N–H and O–H groups in total. The van der Waals surface area contributed by atoms with Gasteiger partial charge in [0.05, 0.1) is 5.52 Å². The van der Waals surface area contributed by atoms with Crippen molar-refractivity contribution in [3.63, 3.8) is 0 Å². The number of carbonyl (C=O) groups is 1. The molecule has 0 saturated carbocycles. The maximum Gasteiger partial charge on any atom is 0.248 e. The van der Waals surface area contributed by atoms with Gasteiger partial charge in [-0.2, -0.15) is 0 Å². The highest BCUT2D eigenvalue weighted by Crippen LogP contribution is 2.36. The second-order valence-electron chi connectivity index (χ2n) is 9.59. The van der Waals surface area contributed by atoms with E-state index >= 15 is 0 Å². The minimum absolute atomic E-state index is 0.377. The molecule has 1 aliphatic heterocycles. The lowest BCUT2D eigenvalue weighted by atomic mass is 9.99. The van der Waals surface area contributed by atoms with Crippen molar-refractivity contribution in [1.29, 1.82) is 0 Å². The van der Waals surface area contributed by atoms with E-state index in [0.717, 1.165) is 38.2 Å². The van der Waals surface area contributed by atoms with E-state index in [1.165, 1.54) is 25.9 Å². The molecular formula is C28H27N3O3S2. The first-order valence-corrected chi connectivity index (χ1v) is 14.4. The summed E-state index contributed by atoms with van der Waals surface area (Å²) in [4.78, 5) is 16.3. The van der Waals surface area contributed by atoms with Crippen LogP contribution in [0.5, 0.6) is 0 Å². The van der Waals surface area contributed by atoms with Crippen molar-refractivity contribution in [3.8, 4) is 0 Å². The van der Waals surface area contributed by atoms with Gasteiger partial charge in [-0.3, -0.25) is 4.79 Å². The van der Waals surface area contributed by atoms with E-state index in [0.29, 0.717) is 22.9 Å². The largest absolute Gasteiger partial charge is 0.368 e. The van der Waals surface area contributed by atoms with Crippen LogP contribution in [0.4, 0.5) is 5.69 Å². The van der Waals surface area contributed by atoms with E-state index in [4.69, 9.17) is 0 Å². The molecule has 184 valence electrons. The van der Waals surface area contributed by atoms with Gasteiger partial charge in [-0.15, -0.1) is 11.3 Å². The average molecular weight is 518 g/mol. The first kappa shape index (κ1) is 23.1. The molecule has 36 heavy (non-hydrogen) atoms. The number of carbonyl (C=O) groups excluding carboxylic acids is 1. The van der Waals surface area contributed by atoms with E-state index in [2.05, 4.69) is 39.4 Å². The van der Waals surface area contributed by atoms with Gasteiger partial charge in [0.15, 0.2) is 6.29 Å². The van der Waals surface area contributed by atoms with Gasteiger partial charge in [-0.1, -0.05) is 30.3 Å². The quantitative estimate of drug-likeness (QED) is 0.338. The highest BCUT2D eigenvalue weighted by Gasteiger charge is 2.41. The summed E-state index contributed by atoms with van der Waals surface area (Å²) in [5.41, 5.74) is 3.11. The topological polar surface area (TPSA) is 62.6 Å². The second-order valence-corrected chi connectivity index (χ2v) is 12.8. The minimum Gasteiger partial charge on any atom is -0.368 e. The molecule has 2 aliphatic rings. The Labute approximate surface area is 214 Å². The van der Waals surface area contributed by atoms with Gasteiger partial charge < -0.3 is 9.80 Å². The van der Waals surface area contributed by atoms with E-state index in [9.17, 15) is 13.2 Å². The molecule has 1 saturated heterocycles. The number of hydrogen-bond acceptors (Lipinski definition) is 6. The molecule has 8 heteroatoms. The van der Waals surface area contributed by atoms with E-state index in [-0.39, 0.29) is 0 Å². The van der Waals surface area contributed by atoms with Crippen LogP contribution in [0.15, 0.2) is 84.0 Å². The van der Waals surface area contributed by atoms with Gasteiger partial charge in [0.1, 0.15) is 4.75 Å². The van der Waals surface area contributed by atoms with E-state index in [1.54, 1.807) is 36.5 Å². The molecule has 4 aromatic rings. The molecule has 2 aromatic heterocycles. The van der Waals surface area contributed by atoms with Crippen LogP contribution in [0.3, 0.4) is 0 Å². The maximum absolute atomic E-state index is 14.0. The van der Waals surface area contributed by atoms with Gasteiger partial charge in [0.25, 0.3) is 0 Å². The molecule has 1 unspecified atom stereocenters. The van der Waals surface area contributed by atoms with Crippen LogP contribution in [0, 0.1) is 0 Å². The first-order chi connectivity index (χ1) is 17.4. The molecule has 0 radical (unpaired) electrons. The molecule has 1 aliphatic carbocycles. The number of aromatic nitrogens is 1. The number of allylic oxidation sites excluding steroid dienone is 2. The first-order valence-electron chi connectivity index (χ1n) is 12.1. The Balaban J connectivity index is 1.28. The summed E-state index contributed by atoms with van der Waals surface area (Å²) >= 11 is 1.76. The van der Waals surface area contributed by atoms with E-state index < -0.39 is 14.8 Å². The SMILES string of the molecule is CC1(S(=O)(=O)n2cc(C=O)c3ccccc32)C=C(N2CCN(c3cccc4sccc34)CC2)C=CC1. The predicted octanol–water partition coefficient (Wildman–Crippen LogP) is 5.27. The van der Waals surface area contributed by atoms with E-state index in [1.807, 2.05) is 24.3 Å². The molecule has 0 amide bonds. The third-order valence-electron chi connectivity index (χ3n) is 7.41. The van der Waals surface area contributed by atoms with Crippen molar-refractivity contribution in [2.45, 2.75) is 18.1 Å². The number of thiophene rings is 1. The van der Waals surface area contributed by atoms with Crippen LogP contribution in [-0.4, -0.2) is 54.5 Å². The van der Waals surface area contributed by atoms with Crippen molar-refractivity contribution in [1.82, 2.24) is 8.87 Å². The summed E-state index contributed by atoms with van der Waals surface area (Å²) in [7, 11) is -3.83. The number of rotatable bonds is 5. The number of fused-ring (bicyclic) bond motifs is 2. The minimum atomic E-state index is -3.83. The van der Waals surface area contributed by atoms with Crippen LogP contribution in [-0.2, 0) is 10.0 Å². The summed E-state index contributed by atoms with van der Waals surface area (Å²) in [5, 5.41) is 4.07. The van der Waals surface area contributed by atoms with Crippen LogP contribution >= 0.6 is 11.3 Å². The predicted molar refractivity (Wildman–Crippen MR) is 147 cm³/mol. The fraction of sp³-hybridized carbons (Fsp3) is 0.250. The zero-order valence-electron chi connectivity index (χ0n) is 20.0. The van der Waals surface area contributed by atoms with Gasteiger partial charge in [0, 0.05) is 64.8 Å². The highest BCUT2D eigenvalue weighted by atomic mass is 32.2. The molecule has 6 nitrogen and oxygen atoms in total. The Morgan fingerprint density at radius 3 is 2.53 bits per heavy atom. The molecule has 6 rings (SSSR count). The number of benzene rings is 2. The Morgan fingerprint density at radius 2 is 1.72 bits per heavy atom. The zero-order valence-corrected chi connectivity index (χ0v) is 21.6. The lowest BCUT2D eigenvalue weighted by Gasteiger charge is -2.40. The Morgan fingerprint density at radius 1 is 0.944 bits per heavy atom. The molecule has 0 spiro atoms. The zero-order chi connectivity index (χ0) is 24.9. The van der Waals surface area contributed by atoms with Crippen molar-refractivity contribution in [2.24, 2.45) is 0 Å². The fourth-order valence-electron chi connectivity index (χ4n) is 5.36. The lowest BCUT2D eigenvalue weighted by Crippen LogP contribution is -2.47. The molecule has 3 heterocycles. The number of anilines is 1. The molecule has 1 fully saturated rings. The van der Waals surface area contributed by atoms with Crippen LogP contribution in [0.25, 0.3) is 21.0 Å². The molecule has 2 aromatic carbocycles. The molecule has 0 bridgehead atoms. The summed E-state index contributed by atoms with van der Waals surface area (Å²) < 4.78 is 29.4. The highest BCUT2D eigenvalue weighted by molar-refractivity contribution is 7.91. The Bertz CT molecular complexity index is 1640. The average Bonchev–Trinajstić information content (AvgIpc) is 3.54. The Kier molecular flexibility index (Phi) is 5.53. The van der Waals surface area contributed by atoms with Crippen molar-refractivity contribution >= 4 is 54.3 Å². The smallest absolute Gasteiger partial charge is 0.248 e. The molecule has 1 atom stereocenters. The molecular weight excluding hydrogens is 490 g/mol. The monoisotopic (exact) mass is 517 g/mol. The normalized spacial score (nSPS) is 20.8. The standard InChI is InChI=1S/C28H27N3O3S2/c1-28(36(33,34)31-19-21(20-32)23-7-2-3-8-26(23)31)12-5-6-22(18-28)29-13-15-30(16-14-29)25-9-4-10-27-24(25)11-17-35-27/h2-11,17-20H,12-16H2,1H3. The summed E-state index contributed by atoms with van der Waals surface area (Å²) in [6.07, 6.45) is 8.44. The van der Waals surface area contributed by atoms with Gasteiger partial charge in [-0.05, 0) is 55.1 Å². The van der Waals surface area contributed by atoms with Crippen LogP contribution in [0.2, 0.25) is 0 Å². The Hall–Kier alpha value is -3.36. The third kappa shape index (κ3) is 3.59. The number of piperazine rings is 1. The lowest BCUT2D eigenvalue weighted by molar-refractivity contribution is 0.112. The van der Waals surface area contributed by atoms with Gasteiger partial charge in [0.2, 0.25) is 10.0 Å². The number of aldehydes is 1. The summed E-state index contributed by atoms with van der Waals surface area (Å²) in [6, 6.07) is 15.8. The summed E-state index contributed by atoms with van der Waals surface area (Å²) in [5.74, 6) is 0. The van der Waals surface area contributed by atoms with Crippen molar-refractivity contribution in [3.05, 3.63) is 89.6 Å². The van der Waals surface area contributed by atoms with Crippen molar-refractivity contribution in [2.75, 3.05) is 31.1 Å². The second kappa shape index (κ2) is 8.64. The maximum atomic E-state index is 14.0. The number of para-hydroxylation sites is 1. The van der Waals surface area contributed by atoms with Crippen molar-refractivity contribution < 1.29 is 13.2 Å². The third-order valence-corrected chi connectivity index (χ3v) is 10.6. The van der Waals surface area contributed by atoms with Gasteiger partial charge in [-0.25, -0.2) is 12.4 Å². The fourth-order valence-corrected chi connectivity index (χ4v) is 7.87. The summed E-state index contributed by atoms with van der Waals surface area (Å²) in [6.45, 7) is 5.14. The van der Waals surface area contributed by atoms with Crippen LogP contribution in [0.1, 0.15) is 23.7 Å².